The Kier molecular flexibility index (Phi) is 7.28. The predicted octanol–water partition coefficient (Wildman–Crippen LogP) is 3.20. The summed E-state index contributed by atoms with van der Waals surface area (Å²) in [5.41, 5.74) is 4.03. The van der Waals surface area contributed by atoms with Gasteiger partial charge in [0.15, 0.2) is 0 Å². The molecule has 0 spiro atoms. The van der Waals surface area contributed by atoms with E-state index in [4.69, 9.17) is 9.90 Å². The first kappa shape index (κ1) is 17.2. The molecule has 0 aliphatic carbocycles. The molecule has 3 N–H and O–H groups in total. The zero-order chi connectivity index (χ0) is 12.9. The fourth-order valence-corrected chi connectivity index (χ4v) is 1.72. The Balaban J connectivity index is 0. The SMILES string of the molecule is C[Si](C)(C)C(Br)CC(F)(F)F.NC(=O)O. The zero-order valence-corrected chi connectivity index (χ0v) is 11.3. The van der Waals surface area contributed by atoms with E-state index >= 15 is 0 Å². The smallest absolute Gasteiger partial charge is 0.402 e. The predicted molar refractivity (Wildman–Crippen MR) is 58.9 cm³/mol. The maximum absolute atomic E-state index is 11.8. The monoisotopic (exact) mass is 309 g/mol. The lowest BCUT2D eigenvalue weighted by molar-refractivity contribution is -0.131. The van der Waals surface area contributed by atoms with E-state index in [-0.39, 0.29) is 4.45 Å². The largest absolute Gasteiger partial charge is 0.465 e. The summed E-state index contributed by atoms with van der Waals surface area (Å²) in [6.45, 7) is 5.74. The van der Waals surface area contributed by atoms with Crippen LogP contribution in [0.1, 0.15) is 6.42 Å². The molecule has 0 saturated carbocycles. The van der Waals surface area contributed by atoms with Crippen LogP contribution in [0.15, 0.2) is 0 Å². The van der Waals surface area contributed by atoms with Crippen molar-refractivity contribution in [3.63, 3.8) is 0 Å². The van der Waals surface area contributed by atoms with Crippen LogP contribution in [0.4, 0.5) is 18.0 Å². The highest BCUT2D eigenvalue weighted by molar-refractivity contribution is 9.10. The van der Waals surface area contributed by atoms with Crippen LogP contribution < -0.4 is 5.73 Å². The number of carboxylic acid groups (broad SMARTS) is 1. The number of primary amides is 1. The molecule has 1 amide bonds. The minimum Gasteiger partial charge on any atom is -0.465 e. The maximum atomic E-state index is 11.8. The highest BCUT2D eigenvalue weighted by Crippen LogP contribution is 2.30. The number of alkyl halides is 4. The minimum atomic E-state index is -4.03. The van der Waals surface area contributed by atoms with Gasteiger partial charge in [0.1, 0.15) is 0 Å². The quantitative estimate of drug-likeness (QED) is 0.608. The highest BCUT2D eigenvalue weighted by Gasteiger charge is 2.36. The molecule has 92 valence electrons. The molecule has 0 bridgehead atoms. The third-order valence-corrected chi connectivity index (χ3v) is 7.88. The van der Waals surface area contributed by atoms with Gasteiger partial charge in [0, 0.05) is 4.45 Å². The van der Waals surface area contributed by atoms with Gasteiger partial charge in [0.25, 0.3) is 0 Å². The van der Waals surface area contributed by atoms with Crippen LogP contribution in [0, 0.1) is 0 Å². The number of nitrogens with two attached hydrogens (primary N) is 1. The fourth-order valence-electron chi connectivity index (χ4n) is 0.509. The number of hydrogen-bond acceptors (Lipinski definition) is 1. The molecule has 8 heteroatoms. The molecule has 0 radical (unpaired) electrons. The number of rotatable bonds is 2. The van der Waals surface area contributed by atoms with Crippen LogP contribution in [0.3, 0.4) is 0 Å². The number of halogens is 4. The van der Waals surface area contributed by atoms with E-state index in [1.54, 1.807) is 0 Å². The summed E-state index contributed by atoms with van der Waals surface area (Å²) in [6.07, 6.45) is -6.07. The lowest BCUT2D eigenvalue weighted by Crippen LogP contribution is -2.36. The van der Waals surface area contributed by atoms with Crippen molar-refractivity contribution in [2.75, 3.05) is 0 Å². The normalized spacial score (nSPS) is 13.8. The Morgan fingerprint density at radius 2 is 1.73 bits per heavy atom. The van der Waals surface area contributed by atoms with Crippen molar-refractivity contribution in [3.05, 3.63) is 0 Å². The first-order valence-corrected chi connectivity index (χ1v) is 8.55. The van der Waals surface area contributed by atoms with Gasteiger partial charge in [0.05, 0.1) is 14.5 Å². The molecule has 3 nitrogen and oxygen atoms in total. The first-order chi connectivity index (χ1) is 6.36. The standard InChI is InChI=1S/C6H12BrF3Si.CH3NO2/c1-11(2,3)5(7)4-6(8,9)10;2-1(3)4/h5H,4H2,1-3H3;2H2,(H,3,4). The molecule has 0 aromatic carbocycles. The average molecular weight is 310 g/mol. The van der Waals surface area contributed by atoms with E-state index in [9.17, 15) is 13.2 Å². The summed E-state index contributed by atoms with van der Waals surface area (Å²) in [5, 5.41) is 7.19. The van der Waals surface area contributed by atoms with Gasteiger partial charge >= 0.3 is 12.3 Å². The molecular formula is C7H15BrF3NO2Si. The van der Waals surface area contributed by atoms with Crippen molar-refractivity contribution in [1.29, 1.82) is 0 Å². The highest BCUT2D eigenvalue weighted by atomic mass is 79.9. The molecule has 0 saturated heterocycles. The molecule has 15 heavy (non-hydrogen) atoms. The van der Waals surface area contributed by atoms with Crippen molar-refractivity contribution in [2.24, 2.45) is 5.73 Å². The summed E-state index contributed by atoms with van der Waals surface area (Å²) >= 11 is 3.08. The third-order valence-electron chi connectivity index (χ3n) is 1.35. The first-order valence-electron chi connectivity index (χ1n) is 4.05. The van der Waals surface area contributed by atoms with E-state index in [1.165, 1.54) is 0 Å². The Labute approximate surface area is 96.0 Å². The van der Waals surface area contributed by atoms with E-state index in [0.717, 1.165) is 0 Å². The molecule has 0 fully saturated rings. The topological polar surface area (TPSA) is 63.3 Å². The second-order valence-electron chi connectivity index (χ2n) is 3.99. The molecule has 0 aromatic heterocycles. The molecule has 1 atom stereocenters. The van der Waals surface area contributed by atoms with E-state index in [0.29, 0.717) is 0 Å². The van der Waals surface area contributed by atoms with Gasteiger partial charge in [-0.15, -0.1) is 0 Å². The van der Waals surface area contributed by atoms with Crippen molar-refractivity contribution in [3.8, 4) is 0 Å². The van der Waals surface area contributed by atoms with Crippen LogP contribution in [-0.2, 0) is 0 Å². The second-order valence-corrected chi connectivity index (χ2v) is 11.4. The summed E-state index contributed by atoms with van der Waals surface area (Å²) in [5.74, 6) is 0. The maximum Gasteiger partial charge on any atom is 0.402 e. The van der Waals surface area contributed by atoms with Crippen LogP contribution in [-0.4, -0.2) is 29.9 Å². The second kappa shape index (κ2) is 6.36. The lowest BCUT2D eigenvalue weighted by Gasteiger charge is -2.24. The Morgan fingerprint density at radius 1 is 1.47 bits per heavy atom. The molecule has 0 rings (SSSR count). The Morgan fingerprint density at radius 3 is 1.80 bits per heavy atom. The van der Waals surface area contributed by atoms with Gasteiger partial charge in [-0.3, -0.25) is 0 Å². The van der Waals surface area contributed by atoms with Crippen LogP contribution in [0.25, 0.3) is 0 Å². The molecule has 0 aromatic rings. The van der Waals surface area contributed by atoms with Gasteiger partial charge < -0.3 is 10.8 Å². The van der Waals surface area contributed by atoms with Gasteiger partial charge in [0.2, 0.25) is 0 Å². The molecule has 1 unspecified atom stereocenters. The fraction of sp³-hybridized carbons (Fsp3) is 0.857. The van der Waals surface area contributed by atoms with E-state index < -0.39 is 26.8 Å². The van der Waals surface area contributed by atoms with Crippen LogP contribution in [0.2, 0.25) is 19.6 Å². The molecule has 0 heterocycles. The lowest BCUT2D eigenvalue weighted by atomic mass is 10.5. The molecule has 0 aliphatic rings. The van der Waals surface area contributed by atoms with Gasteiger partial charge in [-0.25, -0.2) is 4.79 Å². The average Bonchev–Trinajstić information content (AvgIpc) is 1.78. The van der Waals surface area contributed by atoms with Crippen LogP contribution in [0.5, 0.6) is 0 Å². The summed E-state index contributed by atoms with van der Waals surface area (Å²) in [7, 11) is -1.67. The van der Waals surface area contributed by atoms with Gasteiger partial charge in [-0.2, -0.15) is 13.2 Å². The van der Waals surface area contributed by atoms with Crippen molar-refractivity contribution in [2.45, 2.75) is 36.7 Å². The van der Waals surface area contributed by atoms with Crippen molar-refractivity contribution in [1.82, 2.24) is 0 Å². The van der Waals surface area contributed by atoms with Gasteiger partial charge in [-0.05, 0) is 0 Å². The number of hydrogen-bond donors (Lipinski definition) is 2. The summed E-state index contributed by atoms with van der Waals surface area (Å²) < 4.78 is 35.1. The number of amides is 1. The molecule has 0 aliphatic heterocycles. The third kappa shape index (κ3) is 16.4. The van der Waals surface area contributed by atoms with Crippen molar-refractivity contribution >= 4 is 30.1 Å². The summed E-state index contributed by atoms with van der Waals surface area (Å²) in [6, 6.07) is 0. The van der Waals surface area contributed by atoms with E-state index in [1.807, 2.05) is 19.6 Å². The Hall–Kier alpha value is -0.243. The van der Waals surface area contributed by atoms with Gasteiger partial charge in [-0.1, -0.05) is 35.6 Å². The van der Waals surface area contributed by atoms with Crippen molar-refractivity contribution < 1.29 is 23.1 Å². The number of carbonyl (C=O) groups is 1. The summed E-state index contributed by atoms with van der Waals surface area (Å²) in [4.78, 5) is 8.78. The van der Waals surface area contributed by atoms with E-state index in [2.05, 4.69) is 21.7 Å². The molecular weight excluding hydrogens is 295 g/mol. The van der Waals surface area contributed by atoms with Crippen LogP contribution >= 0.6 is 15.9 Å². The Bertz CT molecular complexity index is 201. The minimum absolute atomic E-state index is 0.366. The zero-order valence-electron chi connectivity index (χ0n) is 8.73.